The lowest BCUT2D eigenvalue weighted by Gasteiger charge is -2.06. The van der Waals surface area contributed by atoms with Crippen LogP contribution in [0.1, 0.15) is 26.4 Å². The van der Waals surface area contributed by atoms with Crippen LogP contribution in [0.5, 0.6) is 5.75 Å². The summed E-state index contributed by atoms with van der Waals surface area (Å²) in [5, 5.41) is 0. The lowest BCUT2D eigenvalue weighted by molar-refractivity contribution is 0.0953. The van der Waals surface area contributed by atoms with Crippen molar-refractivity contribution in [3.05, 3.63) is 59.4 Å². The number of carbonyl (C=O) groups is 2. The number of hydrogen-bond donors (Lipinski definition) is 2. The topological polar surface area (TPSA) is 94.3 Å². The Kier molecular flexibility index (Phi) is 4.41. The summed E-state index contributed by atoms with van der Waals surface area (Å²) in [7, 11) is 0. The summed E-state index contributed by atoms with van der Waals surface area (Å²) in [6.45, 7) is 0.269. The SMILES string of the molecule is NNC(=O)c1ccc(COc2ccc(C=O)cc2)nc1. The largest absolute Gasteiger partial charge is 0.487 e. The number of rotatable bonds is 5. The predicted octanol–water partition coefficient (Wildman–Crippen LogP) is 1.08. The highest BCUT2D eigenvalue weighted by atomic mass is 16.5. The number of pyridine rings is 1. The summed E-state index contributed by atoms with van der Waals surface area (Å²) < 4.78 is 5.51. The number of nitrogens with two attached hydrogens (primary N) is 1. The number of carbonyl (C=O) groups excluding carboxylic acids is 2. The fourth-order valence-electron chi connectivity index (χ4n) is 1.53. The lowest BCUT2D eigenvalue weighted by Crippen LogP contribution is -2.30. The molecule has 0 fully saturated rings. The summed E-state index contributed by atoms with van der Waals surface area (Å²) in [5.74, 6) is 5.27. The molecule has 0 aliphatic heterocycles. The van der Waals surface area contributed by atoms with Crippen LogP contribution in [0.2, 0.25) is 0 Å². The minimum Gasteiger partial charge on any atom is -0.487 e. The predicted molar refractivity (Wildman–Crippen MR) is 72.1 cm³/mol. The Labute approximate surface area is 115 Å². The molecule has 0 aliphatic carbocycles. The Morgan fingerprint density at radius 1 is 1.25 bits per heavy atom. The molecule has 1 amide bonds. The highest BCUT2D eigenvalue weighted by Crippen LogP contribution is 2.13. The zero-order valence-corrected chi connectivity index (χ0v) is 10.6. The Bertz CT molecular complexity index is 594. The van der Waals surface area contributed by atoms with E-state index in [-0.39, 0.29) is 6.61 Å². The van der Waals surface area contributed by atoms with Crippen molar-refractivity contribution in [1.82, 2.24) is 10.4 Å². The van der Waals surface area contributed by atoms with Crippen LogP contribution < -0.4 is 16.0 Å². The summed E-state index contributed by atoms with van der Waals surface area (Å²) in [5.41, 5.74) is 3.68. The molecule has 20 heavy (non-hydrogen) atoms. The first-order valence-electron chi connectivity index (χ1n) is 5.87. The molecule has 0 unspecified atom stereocenters. The smallest absolute Gasteiger partial charge is 0.266 e. The number of nitrogens with one attached hydrogen (secondary N) is 1. The number of hydrazine groups is 1. The number of aldehydes is 1. The second kappa shape index (κ2) is 6.44. The van der Waals surface area contributed by atoms with Crippen LogP contribution in [0.4, 0.5) is 0 Å². The van der Waals surface area contributed by atoms with Gasteiger partial charge in [-0.3, -0.25) is 20.0 Å². The number of amides is 1. The van der Waals surface area contributed by atoms with Crippen molar-refractivity contribution in [2.45, 2.75) is 6.61 Å². The maximum atomic E-state index is 11.2. The number of nitrogen functional groups attached to an aromatic ring is 1. The highest BCUT2D eigenvalue weighted by molar-refractivity contribution is 5.93. The lowest BCUT2D eigenvalue weighted by atomic mass is 10.2. The van der Waals surface area contributed by atoms with E-state index in [1.807, 2.05) is 5.43 Å². The van der Waals surface area contributed by atoms with E-state index in [1.165, 1.54) is 6.20 Å². The van der Waals surface area contributed by atoms with Crippen LogP contribution in [-0.2, 0) is 6.61 Å². The monoisotopic (exact) mass is 271 g/mol. The molecule has 1 aromatic carbocycles. The van der Waals surface area contributed by atoms with Crippen molar-refractivity contribution in [2.75, 3.05) is 0 Å². The molecular formula is C14H13N3O3. The van der Waals surface area contributed by atoms with Gasteiger partial charge in [-0.25, -0.2) is 5.84 Å². The molecule has 102 valence electrons. The molecule has 0 saturated carbocycles. The van der Waals surface area contributed by atoms with Gasteiger partial charge in [0.15, 0.2) is 0 Å². The zero-order valence-electron chi connectivity index (χ0n) is 10.6. The van der Waals surface area contributed by atoms with Crippen LogP contribution in [-0.4, -0.2) is 17.2 Å². The summed E-state index contributed by atoms with van der Waals surface area (Å²) >= 11 is 0. The van der Waals surface area contributed by atoms with Crippen LogP contribution in [0, 0.1) is 0 Å². The van der Waals surface area contributed by atoms with Crippen molar-refractivity contribution in [2.24, 2.45) is 5.84 Å². The molecule has 3 N–H and O–H groups in total. The van der Waals surface area contributed by atoms with Crippen molar-refractivity contribution < 1.29 is 14.3 Å². The molecule has 0 atom stereocenters. The second-order valence-corrected chi connectivity index (χ2v) is 3.99. The van der Waals surface area contributed by atoms with Crippen molar-refractivity contribution >= 4 is 12.2 Å². The summed E-state index contributed by atoms with van der Waals surface area (Å²) in [4.78, 5) is 25.8. The van der Waals surface area contributed by atoms with E-state index >= 15 is 0 Å². The van der Waals surface area contributed by atoms with Gasteiger partial charge in [-0.2, -0.15) is 0 Å². The minimum absolute atomic E-state index is 0.269. The Balaban J connectivity index is 1.96. The first-order chi connectivity index (χ1) is 9.72. The van der Waals surface area contributed by atoms with E-state index < -0.39 is 5.91 Å². The van der Waals surface area contributed by atoms with Crippen LogP contribution >= 0.6 is 0 Å². The Morgan fingerprint density at radius 2 is 2.00 bits per heavy atom. The van der Waals surface area contributed by atoms with Gasteiger partial charge in [-0.15, -0.1) is 0 Å². The first kappa shape index (κ1) is 13.7. The highest BCUT2D eigenvalue weighted by Gasteiger charge is 2.04. The van der Waals surface area contributed by atoms with Gasteiger partial charge in [0, 0.05) is 11.8 Å². The molecular weight excluding hydrogens is 258 g/mol. The number of benzene rings is 1. The second-order valence-electron chi connectivity index (χ2n) is 3.99. The molecule has 0 aliphatic rings. The van der Waals surface area contributed by atoms with Gasteiger partial charge >= 0.3 is 0 Å². The third-order valence-corrected chi connectivity index (χ3v) is 2.62. The van der Waals surface area contributed by atoms with E-state index in [4.69, 9.17) is 10.6 Å². The summed E-state index contributed by atoms with van der Waals surface area (Å²) in [6, 6.07) is 10.1. The van der Waals surface area contributed by atoms with E-state index in [1.54, 1.807) is 36.4 Å². The van der Waals surface area contributed by atoms with Gasteiger partial charge in [0.05, 0.1) is 11.3 Å². The molecule has 1 aromatic heterocycles. The van der Waals surface area contributed by atoms with Gasteiger partial charge in [-0.05, 0) is 36.4 Å². The number of aromatic nitrogens is 1. The van der Waals surface area contributed by atoms with E-state index in [0.29, 0.717) is 22.6 Å². The van der Waals surface area contributed by atoms with Gasteiger partial charge in [0.25, 0.3) is 5.91 Å². The van der Waals surface area contributed by atoms with E-state index in [9.17, 15) is 9.59 Å². The van der Waals surface area contributed by atoms with Crippen molar-refractivity contribution in [3.63, 3.8) is 0 Å². The third-order valence-electron chi connectivity index (χ3n) is 2.62. The molecule has 0 saturated heterocycles. The molecule has 6 nitrogen and oxygen atoms in total. The van der Waals surface area contributed by atoms with E-state index in [0.717, 1.165) is 6.29 Å². The van der Waals surface area contributed by atoms with Crippen LogP contribution in [0.3, 0.4) is 0 Å². The third kappa shape index (κ3) is 3.39. The van der Waals surface area contributed by atoms with E-state index in [2.05, 4.69) is 4.98 Å². The first-order valence-corrected chi connectivity index (χ1v) is 5.87. The Morgan fingerprint density at radius 3 is 2.55 bits per heavy atom. The fraction of sp³-hybridized carbons (Fsp3) is 0.0714. The molecule has 0 bridgehead atoms. The van der Waals surface area contributed by atoms with Gasteiger partial charge in [-0.1, -0.05) is 0 Å². The van der Waals surface area contributed by atoms with Gasteiger partial charge < -0.3 is 4.74 Å². The standard InChI is InChI=1S/C14H13N3O3/c15-17-14(19)11-3-4-12(16-7-11)9-20-13-5-1-10(8-18)2-6-13/h1-8H,9,15H2,(H,17,19). The van der Waals surface area contributed by atoms with Crippen molar-refractivity contribution in [1.29, 1.82) is 0 Å². The molecule has 2 aromatic rings. The van der Waals surface area contributed by atoms with Crippen molar-refractivity contribution in [3.8, 4) is 5.75 Å². The Hall–Kier alpha value is -2.73. The van der Waals surface area contributed by atoms with Gasteiger partial charge in [0.2, 0.25) is 0 Å². The average molecular weight is 271 g/mol. The van der Waals surface area contributed by atoms with Crippen LogP contribution in [0.15, 0.2) is 42.6 Å². The quantitative estimate of drug-likeness (QED) is 0.367. The maximum Gasteiger partial charge on any atom is 0.266 e. The average Bonchev–Trinajstić information content (AvgIpc) is 2.53. The molecule has 6 heteroatoms. The molecule has 1 heterocycles. The maximum absolute atomic E-state index is 11.2. The fourth-order valence-corrected chi connectivity index (χ4v) is 1.53. The zero-order chi connectivity index (χ0) is 14.4. The van der Waals surface area contributed by atoms with Crippen LogP contribution in [0.25, 0.3) is 0 Å². The number of nitrogens with zero attached hydrogens (tertiary/aromatic N) is 1. The summed E-state index contributed by atoms with van der Waals surface area (Å²) in [6.07, 6.45) is 2.20. The van der Waals surface area contributed by atoms with Gasteiger partial charge in [0.1, 0.15) is 18.6 Å². The number of ether oxygens (including phenoxy) is 1. The molecule has 0 spiro atoms. The number of hydrogen-bond acceptors (Lipinski definition) is 5. The normalized spacial score (nSPS) is 9.85. The minimum atomic E-state index is -0.394. The molecule has 0 radical (unpaired) electrons. The molecule has 2 rings (SSSR count).